The average molecular weight is 303 g/mol. The van der Waals surface area contributed by atoms with Gasteiger partial charge in [-0.3, -0.25) is 9.30 Å². The van der Waals surface area contributed by atoms with Crippen LogP contribution in [0.5, 0.6) is 0 Å². The molecular formula is C15H15ClN4O. The zero-order valence-corrected chi connectivity index (χ0v) is 12.3. The number of rotatable bonds is 2. The first-order valence-electron chi connectivity index (χ1n) is 7.04. The maximum atomic E-state index is 6.24. The number of nitrogens with zero attached hydrogens (tertiary/aromatic N) is 4. The minimum Gasteiger partial charge on any atom is -0.379 e. The van der Waals surface area contributed by atoms with Crippen LogP contribution in [0.4, 0.5) is 0 Å². The van der Waals surface area contributed by atoms with Crippen molar-refractivity contribution in [3.05, 3.63) is 41.3 Å². The van der Waals surface area contributed by atoms with Gasteiger partial charge in [-0.05, 0) is 12.1 Å². The van der Waals surface area contributed by atoms with E-state index in [0.717, 1.165) is 60.1 Å². The first-order chi connectivity index (χ1) is 10.3. The summed E-state index contributed by atoms with van der Waals surface area (Å²) in [6.45, 7) is 4.24. The Labute approximate surface area is 127 Å². The lowest BCUT2D eigenvalue weighted by Gasteiger charge is -2.25. The number of hydrogen-bond acceptors (Lipinski definition) is 4. The predicted molar refractivity (Wildman–Crippen MR) is 81.6 cm³/mol. The monoisotopic (exact) mass is 302 g/mol. The molecule has 4 rings (SSSR count). The van der Waals surface area contributed by atoms with Crippen molar-refractivity contribution in [2.24, 2.45) is 0 Å². The lowest BCUT2D eigenvalue weighted by atomic mass is 10.2. The SMILES string of the molecule is Clc1cccc2c1ccn1c(CN3CCOCC3)nnc21. The molecule has 0 atom stereocenters. The predicted octanol–water partition coefficient (Wildman–Crippen LogP) is 2.37. The molecule has 1 aromatic carbocycles. The van der Waals surface area contributed by atoms with Crippen LogP contribution >= 0.6 is 11.6 Å². The summed E-state index contributed by atoms with van der Waals surface area (Å²) < 4.78 is 7.43. The second-order valence-electron chi connectivity index (χ2n) is 5.22. The number of benzene rings is 1. The smallest absolute Gasteiger partial charge is 0.168 e. The van der Waals surface area contributed by atoms with E-state index >= 15 is 0 Å². The standard InChI is InChI=1S/C15H15ClN4O/c16-13-3-1-2-12-11(13)4-5-20-14(17-18-15(12)20)10-19-6-8-21-9-7-19/h1-5H,6-10H2. The van der Waals surface area contributed by atoms with Crippen molar-refractivity contribution in [2.75, 3.05) is 26.3 Å². The Kier molecular flexibility index (Phi) is 3.25. The van der Waals surface area contributed by atoms with Crippen molar-refractivity contribution < 1.29 is 4.74 Å². The highest BCUT2D eigenvalue weighted by Crippen LogP contribution is 2.26. The number of morpholine rings is 1. The fourth-order valence-electron chi connectivity index (χ4n) is 2.78. The van der Waals surface area contributed by atoms with E-state index in [1.807, 2.05) is 34.9 Å². The lowest BCUT2D eigenvalue weighted by Crippen LogP contribution is -2.36. The van der Waals surface area contributed by atoms with Gasteiger partial charge in [0.15, 0.2) is 11.5 Å². The van der Waals surface area contributed by atoms with E-state index in [-0.39, 0.29) is 0 Å². The van der Waals surface area contributed by atoms with Crippen LogP contribution in [0.3, 0.4) is 0 Å². The highest BCUT2D eigenvalue weighted by molar-refractivity contribution is 6.35. The molecule has 0 amide bonds. The number of pyridine rings is 1. The molecule has 0 N–H and O–H groups in total. The normalized spacial score (nSPS) is 16.8. The van der Waals surface area contributed by atoms with E-state index in [2.05, 4.69) is 15.1 Å². The fraction of sp³-hybridized carbons (Fsp3) is 0.333. The van der Waals surface area contributed by atoms with Crippen LogP contribution in [0.2, 0.25) is 5.02 Å². The minimum atomic E-state index is 0.743. The van der Waals surface area contributed by atoms with Crippen molar-refractivity contribution in [3.8, 4) is 0 Å². The molecular weight excluding hydrogens is 288 g/mol. The van der Waals surface area contributed by atoms with Crippen LogP contribution in [0.1, 0.15) is 5.82 Å². The number of halogens is 1. The summed E-state index contributed by atoms with van der Waals surface area (Å²) in [4.78, 5) is 2.34. The summed E-state index contributed by atoms with van der Waals surface area (Å²) in [5.41, 5.74) is 0.859. The molecule has 1 aliphatic rings. The fourth-order valence-corrected chi connectivity index (χ4v) is 3.02. The number of fused-ring (bicyclic) bond motifs is 3. The van der Waals surface area contributed by atoms with Gasteiger partial charge in [-0.15, -0.1) is 10.2 Å². The van der Waals surface area contributed by atoms with Gasteiger partial charge in [0.05, 0.1) is 19.8 Å². The molecule has 0 spiro atoms. The maximum absolute atomic E-state index is 6.24. The third kappa shape index (κ3) is 2.27. The molecule has 5 nitrogen and oxygen atoms in total. The zero-order chi connectivity index (χ0) is 14.2. The molecule has 1 aliphatic heterocycles. The Morgan fingerprint density at radius 2 is 1.95 bits per heavy atom. The largest absolute Gasteiger partial charge is 0.379 e. The third-order valence-corrected chi connectivity index (χ3v) is 4.25. The van der Waals surface area contributed by atoms with Crippen LogP contribution in [0, 0.1) is 0 Å². The Hall–Kier alpha value is -1.69. The van der Waals surface area contributed by atoms with E-state index in [0.29, 0.717) is 0 Å². The van der Waals surface area contributed by atoms with Gasteiger partial charge >= 0.3 is 0 Å². The first-order valence-corrected chi connectivity index (χ1v) is 7.42. The van der Waals surface area contributed by atoms with Crippen molar-refractivity contribution >= 4 is 28.0 Å². The van der Waals surface area contributed by atoms with E-state index in [1.54, 1.807) is 0 Å². The average Bonchev–Trinajstić information content (AvgIpc) is 2.92. The van der Waals surface area contributed by atoms with Crippen molar-refractivity contribution in [3.63, 3.8) is 0 Å². The molecule has 108 valence electrons. The highest BCUT2D eigenvalue weighted by atomic mass is 35.5. The van der Waals surface area contributed by atoms with E-state index in [4.69, 9.17) is 16.3 Å². The Morgan fingerprint density at radius 3 is 2.81 bits per heavy atom. The second kappa shape index (κ2) is 5.26. The van der Waals surface area contributed by atoms with Crippen LogP contribution in [0.25, 0.3) is 16.4 Å². The van der Waals surface area contributed by atoms with Gasteiger partial charge in [0.1, 0.15) is 0 Å². The topological polar surface area (TPSA) is 42.7 Å². The van der Waals surface area contributed by atoms with Crippen molar-refractivity contribution in [1.82, 2.24) is 19.5 Å². The van der Waals surface area contributed by atoms with E-state index < -0.39 is 0 Å². The van der Waals surface area contributed by atoms with E-state index in [9.17, 15) is 0 Å². The maximum Gasteiger partial charge on any atom is 0.168 e. The number of hydrogen-bond donors (Lipinski definition) is 0. The third-order valence-electron chi connectivity index (χ3n) is 3.92. The molecule has 2 aromatic heterocycles. The Balaban J connectivity index is 1.77. The van der Waals surface area contributed by atoms with Crippen molar-refractivity contribution in [2.45, 2.75) is 6.54 Å². The molecule has 0 unspecified atom stereocenters. The molecule has 1 saturated heterocycles. The summed E-state index contributed by atoms with van der Waals surface area (Å²) >= 11 is 6.24. The summed E-state index contributed by atoms with van der Waals surface area (Å²) in [7, 11) is 0. The van der Waals surface area contributed by atoms with Gasteiger partial charge in [0.25, 0.3) is 0 Å². The molecule has 21 heavy (non-hydrogen) atoms. The first kappa shape index (κ1) is 13.0. The summed E-state index contributed by atoms with van der Waals surface area (Å²) in [5, 5.41) is 11.5. The van der Waals surface area contributed by atoms with Crippen LogP contribution in [-0.4, -0.2) is 45.8 Å². The molecule has 1 fully saturated rings. The highest BCUT2D eigenvalue weighted by Gasteiger charge is 2.15. The van der Waals surface area contributed by atoms with Gasteiger partial charge in [-0.25, -0.2) is 0 Å². The molecule has 0 aliphatic carbocycles. The molecule has 0 radical (unpaired) electrons. The van der Waals surface area contributed by atoms with Gasteiger partial charge < -0.3 is 4.74 Å². The van der Waals surface area contributed by atoms with Gasteiger partial charge in [0, 0.05) is 35.1 Å². The second-order valence-corrected chi connectivity index (χ2v) is 5.62. The Bertz CT molecular complexity index is 795. The quantitative estimate of drug-likeness (QED) is 0.729. The minimum absolute atomic E-state index is 0.743. The summed E-state index contributed by atoms with van der Waals surface area (Å²) in [5.74, 6) is 0.953. The van der Waals surface area contributed by atoms with Gasteiger partial charge in [-0.2, -0.15) is 0 Å². The molecule has 3 heterocycles. The van der Waals surface area contributed by atoms with Crippen molar-refractivity contribution in [1.29, 1.82) is 0 Å². The van der Waals surface area contributed by atoms with Crippen LogP contribution < -0.4 is 0 Å². The van der Waals surface area contributed by atoms with Crippen LogP contribution in [-0.2, 0) is 11.3 Å². The zero-order valence-electron chi connectivity index (χ0n) is 11.5. The molecule has 3 aromatic rings. The van der Waals surface area contributed by atoms with Gasteiger partial charge in [0.2, 0.25) is 0 Å². The number of aromatic nitrogens is 3. The van der Waals surface area contributed by atoms with Gasteiger partial charge in [-0.1, -0.05) is 23.7 Å². The molecule has 6 heteroatoms. The number of ether oxygens (including phenoxy) is 1. The van der Waals surface area contributed by atoms with Crippen LogP contribution in [0.15, 0.2) is 30.5 Å². The van der Waals surface area contributed by atoms with E-state index in [1.165, 1.54) is 0 Å². The summed E-state index contributed by atoms with van der Waals surface area (Å²) in [6, 6.07) is 7.90. The summed E-state index contributed by atoms with van der Waals surface area (Å²) in [6.07, 6.45) is 2.00. The Morgan fingerprint density at radius 1 is 1.10 bits per heavy atom. The lowest BCUT2D eigenvalue weighted by molar-refractivity contribution is 0.0329. The molecule has 0 bridgehead atoms. The molecule has 0 saturated carbocycles.